The van der Waals surface area contributed by atoms with E-state index in [0.717, 1.165) is 15.6 Å². The summed E-state index contributed by atoms with van der Waals surface area (Å²) in [7, 11) is 0. The third-order valence-corrected chi connectivity index (χ3v) is 4.26. The predicted octanol–water partition coefficient (Wildman–Crippen LogP) is 4.89. The zero-order valence-corrected chi connectivity index (χ0v) is 13.1. The number of hydrogen-bond donors (Lipinski definition) is 0. The van der Waals surface area contributed by atoms with Gasteiger partial charge in [-0.15, -0.1) is 0 Å². The number of ketones is 1. The molecule has 0 aliphatic carbocycles. The maximum atomic E-state index is 12.8. The number of carbonyl (C=O) groups is 1. The number of aryl methyl sites for hydroxylation is 1. The van der Waals surface area contributed by atoms with E-state index in [-0.39, 0.29) is 5.78 Å². The third kappa shape index (κ3) is 2.07. The summed E-state index contributed by atoms with van der Waals surface area (Å²) < 4.78 is 2.76. The van der Waals surface area contributed by atoms with E-state index in [0.29, 0.717) is 16.3 Å². The van der Waals surface area contributed by atoms with Crippen LogP contribution in [0.5, 0.6) is 0 Å². The summed E-state index contributed by atoms with van der Waals surface area (Å²) in [6.07, 6.45) is 1.87. The molecule has 0 fully saturated rings. The fraction of sp³-hybridized carbons (Fsp3) is 0.0625. The van der Waals surface area contributed by atoms with Gasteiger partial charge in [0.2, 0.25) is 5.78 Å². The summed E-state index contributed by atoms with van der Waals surface area (Å²) in [5.41, 5.74) is 3.00. The lowest BCUT2D eigenvalue weighted by Crippen LogP contribution is -2.07. The largest absolute Gasteiger partial charge is 0.312 e. The van der Waals surface area contributed by atoms with Crippen molar-refractivity contribution >= 4 is 38.8 Å². The molecule has 2 heterocycles. The molecule has 4 heteroatoms. The van der Waals surface area contributed by atoms with Crippen LogP contribution in [0.15, 0.2) is 53.1 Å². The maximum Gasteiger partial charge on any atom is 0.211 e. The van der Waals surface area contributed by atoms with Gasteiger partial charge in [-0.2, -0.15) is 0 Å². The summed E-state index contributed by atoms with van der Waals surface area (Å²) in [6, 6.07) is 13.1. The summed E-state index contributed by atoms with van der Waals surface area (Å²) in [5, 5.41) is 0.483. The molecule has 100 valence electrons. The van der Waals surface area contributed by atoms with Crippen molar-refractivity contribution < 1.29 is 4.79 Å². The van der Waals surface area contributed by atoms with Crippen molar-refractivity contribution in [1.29, 1.82) is 0 Å². The minimum atomic E-state index is -0.0694. The molecule has 1 aromatic carbocycles. The van der Waals surface area contributed by atoms with Crippen LogP contribution in [0.4, 0.5) is 0 Å². The van der Waals surface area contributed by atoms with Gasteiger partial charge in [-0.1, -0.05) is 29.8 Å². The maximum absolute atomic E-state index is 12.8. The first kappa shape index (κ1) is 13.4. The molecule has 0 saturated carbocycles. The Balaban J connectivity index is 2.24. The van der Waals surface area contributed by atoms with Gasteiger partial charge in [0.25, 0.3) is 0 Å². The lowest BCUT2D eigenvalue weighted by atomic mass is 10.0. The molecule has 0 atom stereocenters. The van der Waals surface area contributed by atoms with Crippen molar-refractivity contribution in [2.45, 2.75) is 6.92 Å². The van der Waals surface area contributed by atoms with Crippen LogP contribution >= 0.6 is 27.5 Å². The van der Waals surface area contributed by atoms with Crippen molar-refractivity contribution in [3.05, 3.63) is 75.0 Å². The Labute approximate surface area is 130 Å². The predicted molar refractivity (Wildman–Crippen MR) is 84.7 cm³/mol. The Morgan fingerprint density at radius 1 is 1.20 bits per heavy atom. The average Bonchev–Trinajstić information content (AvgIpc) is 2.76. The molecule has 0 N–H and O–H groups in total. The number of aromatic nitrogens is 1. The molecule has 0 spiro atoms. The monoisotopic (exact) mass is 347 g/mol. The molecule has 3 aromatic rings. The summed E-state index contributed by atoms with van der Waals surface area (Å²) in [6.45, 7) is 1.89. The third-order valence-electron chi connectivity index (χ3n) is 3.31. The molecule has 0 saturated heterocycles. The number of fused-ring (bicyclic) bond motifs is 1. The van der Waals surface area contributed by atoms with Crippen LogP contribution in [0.25, 0.3) is 5.52 Å². The minimum Gasteiger partial charge on any atom is -0.312 e. The van der Waals surface area contributed by atoms with Crippen LogP contribution < -0.4 is 0 Å². The Bertz CT molecular complexity index is 802. The van der Waals surface area contributed by atoms with Crippen molar-refractivity contribution in [1.82, 2.24) is 4.40 Å². The first-order valence-electron chi connectivity index (χ1n) is 6.15. The lowest BCUT2D eigenvalue weighted by molar-refractivity contribution is 0.103. The topological polar surface area (TPSA) is 21.5 Å². The van der Waals surface area contributed by atoms with E-state index >= 15 is 0 Å². The van der Waals surface area contributed by atoms with Crippen LogP contribution in [-0.4, -0.2) is 10.2 Å². The summed E-state index contributed by atoms with van der Waals surface area (Å²) in [4.78, 5) is 12.8. The van der Waals surface area contributed by atoms with Gasteiger partial charge in [0, 0.05) is 16.2 Å². The van der Waals surface area contributed by atoms with Gasteiger partial charge in [0.1, 0.15) is 0 Å². The summed E-state index contributed by atoms with van der Waals surface area (Å²) >= 11 is 9.68. The van der Waals surface area contributed by atoms with Crippen molar-refractivity contribution in [2.24, 2.45) is 0 Å². The number of rotatable bonds is 2. The molecule has 3 rings (SSSR count). The Kier molecular flexibility index (Phi) is 3.40. The second-order valence-corrected chi connectivity index (χ2v) is 5.86. The van der Waals surface area contributed by atoms with Gasteiger partial charge in [-0.3, -0.25) is 4.79 Å². The highest BCUT2D eigenvalue weighted by molar-refractivity contribution is 9.10. The molecule has 0 aliphatic rings. The molecule has 0 unspecified atom stereocenters. The van der Waals surface area contributed by atoms with Gasteiger partial charge < -0.3 is 4.40 Å². The Morgan fingerprint density at radius 2 is 2.00 bits per heavy atom. The number of halogens is 2. The van der Waals surface area contributed by atoms with Crippen molar-refractivity contribution in [2.75, 3.05) is 0 Å². The van der Waals surface area contributed by atoms with E-state index in [4.69, 9.17) is 11.6 Å². The molecule has 0 amide bonds. The molecular formula is C16H11BrClNO. The van der Waals surface area contributed by atoms with Crippen LogP contribution in [-0.2, 0) is 0 Å². The number of hydrogen-bond acceptors (Lipinski definition) is 1. The van der Waals surface area contributed by atoms with Crippen LogP contribution in [0, 0.1) is 6.92 Å². The molecule has 0 aliphatic heterocycles. The molecule has 2 aromatic heterocycles. The van der Waals surface area contributed by atoms with E-state index < -0.39 is 0 Å². The zero-order valence-electron chi connectivity index (χ0n) is 10.7. The quantitative estimate of drug-likeness (QED) is 0.604. The minimum absolute atomic E-state index is 0.0694. The normalized spacial score (nSPS) is 10.9. The average molecular weight is 349 g/mol. The molecular weight excluding hydrogens is 338 g/mol. The van der Waals surface area contributed by atoms with Gasteiger partial charge in [0.15, 0.2) is 0 Å². The van der Waals surface area contributed by atoms with Crippen LogP contribution in [0.3, 0.4) is 0 Å². The second-order valence-electron chi connectivity index (χ2n) is 4.59. The van der Waals surface area contributed by atoms with Crippen LogP contribution in [0.2, 0.25) is 5.02 Å². The van der Waals surface area contributed by atoms with E-state index in [2.05, 4.69) is 15.9 Å². The van der Waals surface area contributed by atoms with Crippen LogP contribution in [0.1, 0.15) is 21.6 Å². The fourth-order valence-electron chi connectivity index (χ4n) is 2.33. The first-order chi connectivity index (χ1) is 9.59. The van der Waals surface area contributed by atoms with E-state index in [1.54, 1.807) is 6.07 Å². The Morgan fingerprint density at radius 3 is 2.75 bits per heavy atom. The number of benzene rings is 1. The highest BCUT2D eigenvalue weighted by Crippen LogP contribution is 2.27. The number of pyridine rings is 1. The molecule has 0 radical (unpaired) electrons. The van der Waals surface area contributed by atoms with Gasteiger partial charge in [-0.05, 0) is 52.7 Å². The fourth-order valence-corrected chi connectivity index (χ4v) is 3.18. The van der Waals surface area contributed by atoms with Gasteiger partial charge >= 0.3 is 0 Å². The Hall–Kier alpha value is -1.58. The van der Waals surface area contributed by atoms with E-state index in [1.165, 1.54) is 0 Å². The second kappa shape index (κ2) is 5.08. The van der Waals surface area contributed by atoms with Gasteiger partial charge in [-0.25, -0.2) is 0 Å². The summed E-state index contributed by atoms with van der Waals surface area (Å²) in [5.74, 6) is -0.0694. The first-order valence-corrected chi connectivity index (χ1v) is 7.32. The van der Waals surface area contributed by atoms with E-state index in [9.17, 15) is 4.79 Å². The van der Waals surface area contributed by atoms with Crippen molar-refractivity contribution in [3.8, 4) is 0 Å². The number of nitrogens with zero attached hydrogens (tertiary/aromatic N) is 1. The van der Waals surface area contributed by atoms with Crippen molar-refractivity contribution in [3.63, 3.8) is 0 Å². The highest BCUT2D eigenvalue weighted by atomic mass is 79.9. The smallest absolute Gasteiger partial charge is 0.211 e. The molecule has 0 bridgehead atoms. The molecule has 2 nitrogen and oxygen atoms in total. The SMILES string of the molecule is Cc1cccc(Cl)c1C(=O)c1cc(Br)c2ccccn12. The highest BCUT2D eigenvalue weighted by Gasteiger charge is 2.19. The van der Waals surface area contributed by atoms with Gasteiger partial charge in [0.05, 0.1) is 16.2 Å². The zero-order chi connectivity index (χ0) is 14.3. The molecule has 20 heavy (non-hydrogen) atoms. The number of carbonyl (C=O) groups excluding carboxylic acids is 1. The lowest BCUT2D eigenvalue weighted by Gasteiger charge is -2.07. The van der Waals surface area contributed by atoms with E-state index in [1.807, 2.05) is 53.9 Å². The standard InChI is InChI=1S/C16H11BrClNO/c1-10-5-4-6-12(18)15(10)16(20)14-9-11(17)13-7-2-3-8-19(13)14/h2-9H,1H3.